The lowest BCUT2D eigenvalue weighted by molar-refractivity contribution is -0.116. The van der Waals surface area contributed by atoms with Gasteiger partial charge in [0.1, 0.15) is 0 Å². The topological polar surface area (TPSA) is 55.1 Å². The van der Waals surface area contributed by atoms with Crippen LogP contribution in [0.5, 0.6) is 0 Å². The number of fused-ring (bicyclic) bond motifs is 1. The summed E-state index contributed by atoms with van der Waals surface area (Å²) in [6, 6.07) is 12.5. The van der Waals surface area contributed by atoms with Crippen molar-refractivity contribution in [2.24, 2.45) is 5.73 Å². The number of nitrogens with one attached hydrogen (secondary N) is 1. The van der Waals surface area contributed by atoms with E-state index in [1.807, 2.05) is 13.0 Å². The van der Waals surface area contributed by atoms with Crippen molar-refractivity contribution in [2.75, 3.05) is 5.32 Å². The van der Waals surface area contributed by atoms with Gasteiger partial charge in [-0.05, 0) is 61.4 Å². The van der Waals surface area contributed by atoms with Crippen molar-refractivity contribution in [1.82, 2.24) is 0 Å². The molecule has 1 heterocycles. The van der Waals surface area contributed by atoms with E-state index in [1.165, 1.54) is 16.7 Å². The Balaban J connectivity index is 1.85. The number of aryl methyl sites for hydroxylation is 1. The van der Waals surface area contributed by atoms with Crippen molar-refractivity contribution in [1.29, 1.82) is 0 Å². The molecule has 3 N–H and O–H groups in total. The zero-order valence-electron chi connectivity index (χ0n) is 14.0. The van der Waals surface area contributed by atoms with Gasteiger partial charge in [0.05, 0.1) is 5.92 Å². The van der Waals surface area contributed by atoms with Crippen LogP contribution < -0.4 is 11.1 Å². The van der Waals surface area contributed by atoms with Gasteiger partial charge in [0.25, 0.3) is 0 Å². The van der Waals surface area contributed by atoms with E-state index >= 15 is 0 Å². The fraction of sp³-hybridized carbons (Fsp3) is 0.350. The minimum atomic E-state index is -0.0932. The number of hydrogen-bond acceptors (Lipinski definition) is 2. The predicted molar refractivity (Wildman–Crippen MR) is 94.7 cm³/mol. The maximum atomic E-state index is 11.9. The molecular weight excluding hydrogens is 284 g/mol. The first-order valence-corrected chi connectivity index (χ1v) is 8.23. The first-order valence-electron chi connectivity index (χ1n) is 8.23. The molecule has 0 saturated carbocycles. The van der Waals surface area contributed by atoms with Crippen molar-refractivity contribution in [3.05, 3.63) is 64.2 Å². The van der Waals surface area contributed by atoms with Crippen molar-refractivity contribution in [3.63, 3.8) is 0 Å². The van der Waals surface area contributed by atoms with Gasteiger partial charge in [-0.25, -0.2) is 0 Å². The van der Waals surface area contributed by atoms with E-state index in [-0.39, 0.29) is 17.9 Å². The largest absolute Gasteiger partial charge is 0.325 e. The van der Waals surface area contributed by atoms with E-state index < -0.39 is 0 Å². The first-order chi connectivity index (χ1) is 11.0. The van der Waals surface area contributed by atoms with Gasteiger partial charge in [0.2, 0.25) is 5.91 Å². The molecule has 0 fully saturated rings. The summed E-state index contributed by atoms with van der Waals surface area (Å²) in [5.74, 6) is -0.0121. The van der Waals surface area contributed by atoms with Crippen LogP contribution in [0.4, 0.5) is 5.69 Å². The monoisotopic (exact) mass is 308 g/mol. The molecule has 0 aromatic heterocycles. The number of rotatable bonds is 4. The molecule has 2 aromatic carbocycles. The van der Waals surface area contributed by atoms with Gasteiger partial charge >= 0.3 is 0 Å². The van der Waals surface area contributed by atoms with Crippen molar-refractivity contribution in [3.8, 4) is 0 Å². The predicted octanol–water partition coefficient (Wildman–Crippen LogP) is 3.99. The summed E-state index contributed by atoms with van der Waals surface area (Å²) in [6.45, 7) is 6.12. The highest BCUT2D eigenvalue weighted by atomic mass is 16.2. The fourth-order valence-electron chi connectivity index (χ4n) is 3.36. The second-order valence-corrected chi connectivity index (χ2v) is 6.52. The third-order valence-electron chi connectivity index (χ3n) is 5.06. The normalized spacial score (nSPS) is 17.7. The number of carbonyl (C=O) groups is 1. The van der Waals surface area contributed by atoms with Crippen LogP contribution in [0.1, 0.15) is 53.1 Å². The summed E-state index contributed by atoms with van der Waals surface area (Å²) in [4.78, 5) is 11.9. The maximum absolute atomic E-state index is 11.9. The summed E-state index contributed by atoms with van der Waals surface area (Å²) in [5.41, 5.74) is 13.4. The Hall–Kier alpha value is -2.13. The quantitative estimate of drug-likeness (QED) is 0.897. The highest BCUT2D eigenvalue weighted by Crippen LogP contribution is 2.39. The van der Waals surface area contributed by atoms with Crippen molar-refractivity contribution in [2.45, 2.75) is 45.6 Å². The van der Waals surface area contributed by atoms with Crippen LogP contribution in [0.3, 0.4) is 0 Å². The lowest BCUT2D eigenvalue weighted by Gasteiger charge is -2.19. The van der Waals surface area contributed by atoms with E-state index in [4.69, 9.17) is 5.73 Å². The average molecular weight is 308 g/mol. The van der Waals surface area contributed by atoms with E-state index in [0.717, 1.165) is 29.7 Å². The Bertz CT molecular complexity index is 737. The van der Waals surface area contributed by atoms with Crippen LogP contribution in [0.25, 0.3) is 0 Å². The van der Waals surface area contributed by atoms with Crippen molar-refractivity contribution < 1.29 is 4.79 Å². The third kappa shape index (κ3) is 2.89. The van der Waals surface area contributed by atoms with Crippen molar-refractivity contribution >= 4 is 11.6 Å². The van der Waals surface area contributed by atoms with E-state index in [1.54, 1.807) is 0 Å². The zero-order valence-corrected chi connectivity index (χ0v) is 14.0. The van der Waals surface area contributed by atoms with Crippen LogP contribution in [0, 0.1) is 13.8 Å². The summed E-state index contributed by atoms with van der Waals surface area (Å²) in [6.07, 6.45) is 1.86. The van der Waals surface area contributed by atoms with Crippen LogP contribution in [-0.4, -0.2) is 5.91 Å². The molecule has 2 atom stereocenters. The second kappa shape index (κ2) is 6.17. The molecule has 0 spiro atoms. The minimum Gasteiger partial charge on any atom is -0.325 e. The molecule has 2 aromatic rings. The van der Waals surface area contributed by atoms with E-state index in [0.29, 0.717) is 0 Å². The summed E-state index contributed by atoms with van der Waals surface area (Å²) < 4.78 is 0. The second-order valence-electron chi connectivity index (χ2n) is 6.52. The lowest BCUT2D eigenvalue weighted by atomic mass is 9.88. The molecule has 120 valence electrons. The molecule has 0 aliphatic carbocycles. The lowest BCUT2D eigenvalue weighted by Crippen LogP contribution is -2.14. The highest BCUT2D eigenvalue weighted by molar-refractivity contribution is 6.03. The number of carbonyl (C=O) groups excluding carboxylic acids is 1. The number of hydrogen-bond donors (Lipinski definition) is 2. The molecule has 23 heavy (non-hydrogen) atoms. The molecule has 1 amide bonds. The summed E-state index contributed by atoms with van der Waals surface area (Å²) >= 11 is 0. The fourth-order valence-corrected chi connectivity index (χ4v) is 3.36. The zero-order chi connectivity index (χ0) is 16.6. The number of amides is 1. The molecule has 0 saturated heterocycles. The third-order valence-corrected chi connectivity index (χ3v) is 5.06. The molecular formula is C20H24N2O. The molecule has 3 nitrogen and oxygen atoms in total. The Morgan fingerprint density at radius 3 is 2.57 bits per heavy atom. The number of benzene rings is 2. The average Bonchev–Trinajstić information content (AvgIpc) is 2.85. The summed E-state index contributed by atoms with van der Waals surface area (Å²) in [7, 11) is 0. The van der Waals surface area contributed by atoms with Gasteiger partial charge in [-0.15, -0.1) is 0 Å². The maximum Gasteiger partial charge on any atom is 0.231 e. The van der Waals surface area contributed by atoms with Crippen LogP contribution >= 0.6 is 0 Å². The SMILES string of the molecule is Cc1c(C(N)CCc2ccccc2)cc2c(c1C)NC(=O)C2C. The van der Waals surface area contributed by atoms with Crippen LogP contribution in [0.15, 0.2) is 36.4 Å². The Kier molecular flexibility index (Phi) is 4.22. The van der Waals surface area contributed by atoms with Gasteiger partial charge in [-0.1, -0.05) is 36.4 Å². The molecule has 3 rings (SSSR count). The van der Waals surface area contributed by atoms with Gasteiger partial charge in [-0.3, -0.25) is 4.79 Å². The standard InChI is InChI=1S/C20H24N2O/c1-12-13(2)19-17(14(3)20(23)22-19)11-16(12)18(21)10-9-15-7-5-4-6-8-15/h4-8,11,14,18H,9-10,21H2,1-3H3,(H,22,23). The first kappa shape index (κ1) is 15.8. The van der Waals surface area contributed by atoms with Gasteiger partial charge in [-0.2, -0.15) is 0 Å². The Morgan fingerprint density at radius 2 is 1.87 bits per heavy atom. The number of anilines is 1. The number of nitrogens with two attached hydrogens (primary N) is 1. The van der Waals surface area contributed by atoms with Gasteiger partial charge < -0.3 is 11.1 Å². The van der Waals surface area contributed by atoms with E-state index in [9.17, 15) is 4.79 Å². The van der Waals surface area contributed by atoms with Gasteiger partial charge in [0.15, 0.2) is 0 Å². The minimum absolute atomic E-state index is 0.0119. The molecule has 2 unspecified atom stereocenters. The molecule has 1 aliphatic rings. The molecule has 0 radical (unpaired) electrons. The highest BCUT2D eigenvalue weighted by Gasteiger charge is 2.30. The Morgan fingerprint density at radius 1 is 1.17 bits per heavy atom. The van der Waals surface area contributed by atoms with Crippen LogP contribution in [-0.2, 0) is 11.2 Å². The van der Waals surface area contributed by atoms with Crippen LogP contribution in [0.2, 0.25) is 0 Å². The molecule has 1 aliphatic heterocycles. The Labute approximate surface area is 137 Å². The molecule has 0 bridgehead atoms. The van der Waals surface area contributed by atoms with E-state index in [2.05, 4.69) is 49.5 Å². The smallest absolute Gasteiger partial charge is 0.231 e. The van der Waals surface area contributed by atoms with Gasteiger partial charge in [0, 0.05) is 11.7 Å². The summed E-state index contributed by atoms with van der Waals surface area (Å²) in [5, 5.41) is 3.00. The molecule has 3 heteroatoms.